The van der Waals surface area contributed by atoms with Gasteiger partial charge in [-0.25, -0.2) is 9.97 Å². The summed E-state index contributed by atoms with van der Waals surface area (Å²) in [5, 5.41) is 10.9. The number of rotatable bonds is 3. The Morgan fingerprint density at radius 2 is 1.86 bits per heavy atom. The predicted octanol–water partition coefficient (Wildman–Crippen LogP) is 3.12. The largest absolute Gasteiger partial charge is 0.387 e. The van der Waals surface area contributed by atoms with E-state index in [0.717, 1.165) is 35.7 Å². The first-order chi connectivity index (χ1) is 13.5. The van der Waals surface area contributed by atoms with E-state index in [4.69, 9.17) is 11.6 Å². The van der Waals surface area contributed by atoms with Crippen molar-refractivity contribution in [2.45, 2.75) is 38.2 Å². The number of aromatic nitrogens is 2. The third kappa shape index (κ3) is 3.47. The van der Waals surface area contributed by atoms with Crippen LogP contribution in [-0.2, 0) is 4.79 Å². The summed E-state index contributed by atoms with van der Waals surface area (Å²) in [5.74, 6) is 1.10. The Kier molecular flexibility index (Phi) is 5.25. The Labute approximate surface area is 170 Å². The zero-order chi connectivity index (χ0) is 19.8. The normalized spacial score (nSPS) is 22.9. The van der Waals surface area contributed by atoms with Gasteiger partial charge in [0.1, 0.15) is 12.1 Å². The first-order valence-corrected chi connectivity index (χ1v) is 10.2. The molecule has 0 bridgehead atoms. The van der Waals surface area contributed by atoms with Gasteiger partial charge < -0.3 is 14.9 Å². The lowest BCUT2D eigenvalue weighted by Crippen LogP contribution is -2.50. The number of benzene rings is 1. The van der Waals surface area contributed by atoms with Gasteiger partial charge in [0.25, 0.3) is 0 Å². The first-order valence-electron chi connectivity index (χ1n) is 9.77. The molecule has 6 nitrogen and oxygen atoms in total. The zero-order valence-electron chi connectivity index (χ0n) is 16.2. The highest BCUT2D eigenvalue weighted by atomic mass is 35.5. The van der Waals surface area contributed by atoms with Crippen molar-refractivity contribution in [2.75, 3.05) is 31.1 Å². The maximum atomic E-state index is 12.9. The SMILES string of the molecule is C[C@@H]1CC(O)c2ncnc(N3CCN(C(=O)[C@H](C)c4ccc(Cl)cc4)CC3)c21. The number of piperazine rings is 1. The molecule has 0 spiro atoms. The molecule has 1 saturated heterocycles. The molecule has 1 aliphatic heterocycles. The standard InChI is InChI=1S/C21H25ClN4O2/c1-13-11-17(27)19-18(13)20(24-12-23-19)25-7-9-26(10-8-25)21(28)14(2)15-3-5-16(22)6-4-15/h3-6,12-14,17,27H,7-11H2,1-2H3/t13-,14-,17?/m1/s1. The Bertz CT molecular complexity index is 865. The summed E-state index contributed by atoms with van der Waals surface area (Å²) in [5.41, 5.74) is 2.80. The van der Waals surface area contributed by atoms with E-state index < -0.39 is 6.10 Å². The summed E-state index contributed by atoms with van der Waals surface area (Å²) in [4.78, 5) is 25.9. The fourth-order valence-corrected chi connectivity index (χ4v) is 4.39. The predicted molar refractivity (Wildman–Crippen MR) is 109 cm³/mol. The molecule has 3 atom stereocenters. The molecule has 1 fully saturated rings. The number of halogens is 1. The molecule has 2 aliphatic rings. The molecule has 1 aromatic heterocycles. The van der Waals surface area contributed by atoms with E-state index in [1.54, 1.807) is 0 Å². The summed E-state index contributed by atoms with van der Waals surface area (Å²) in [6, 6.07) is 7.48. The third-order valence-corrected chi connectivity index (χ3v) is 6.16. The number of aliphatic hydroxyl groups excluding tert-OH is 1. The monoisotopic (exact) mass is 400 g/mol. The lowest BCUT2D eigenvalue weighted by atomic mass is 9.99. The van der Waals surface area contributed by atoms with Gasteiger partial charge in [-0.15, -0.1) is 0 Å². The van der Waals surface area contributed by atoms with Crippen molar-refractivity contribution < 1.29 is 9.90 Å². The molecular formula is C21H25ClN4O2. The van der Waals surface area contributed by atoms with Crippen LogP contribution in [0.1, 0.15) is 55.0 Å². The topological polar surface area (TPSA) is 69.6 Å². The Morgan fingerprint density at radius 1 is 1.18 bits per heavy atom. The molecule has 2 heterocycles. The summed E-state index contributed by atoms with van der Waals surface area (Å²) in [6.07, 6.45) is 1.73. The number of hydrogen-bond acceptors (Lipinski definition) is 5. The minimum Gasteiger partial charge on any atom is -0.387 e. The van der Waals surface area contributed by atoms with E-state index in [-0.39, 0.29) is 17.7 Å². The summed E-state index contributed by atoms with van der Waals surface area (Å²) < 4.78 is 0. The fraction of sp³-hybridized carbons (Fsp3) is 0.476. The van der Waals surface area contributed by atoms with Crippen LogP contribution in [0.4, 0.5) is 5.82 Å². The smallest absolute Gasteiger partial charge is 0.229 e. The number of hydrogen-bond donors (Lipinski definition) is 1. The Balaban J connectivity index is 1.44. The molecule has 148 valence electrons. The second kappa shape index (κ2) is 7.68. The van der Waals surface area contributed by atoms with Gasteiger partial charge in [-0.1, -0.05) is 30.7 Å². The minimum atomic E-state index is -0.505. The molecule has 7 heteroatoms. The minimum absolute atomic E-state index is 0.138. The van der Waals surface area contributed by atoms with E-state index in [0.29, 0.717) is 24.5 Å². The van der Waals surface area contributed by atoms with Crippen molar-refractivity contribution in [1.29, 1.82) is 0 Å². The van der Waals surface area contributed by atoms with Gasteiger partial charge in [-0.2, -0.15) is 0 Å². The summed E-state index contributed by atoms with van der Waals surface area (Å²) in [7, 11) is 0. The maximum Gasteiger partial charge on any atom is 0.229 e. The lowest BCUT2D eigenvalue weighted by Gasteiger charge is -2.37. The van der Waals surface area contributed by atoms with Crippen LogP contribution in [0.15, 0.2) is 30.6 Å². The van der Waals surface area contributed by atoms with Crippen molar-refractivity contribution in [3.05, 3.63) is 52.4 Å². The molecule has 0 saturated carbocycles. The highest BCUT2D eigenvalue weighted by molar-refractivity contribution is 6.30. The Morgan fingerprint density at radius 3 is 2.54 bits per heavy atom. The molecule has 1 unspecified atom stereocenters. The van der Waals surface area contributed by atoms with Gasteiger partial charge in [0.15, 0.2) is 0 Å². The van der Waals surface area contributed by atoms with Crippen LogP contribution in [0.5, 0.6) is 0 Å². The van der Waals surface area contributed by atoms with E-state index >= 15 is 0 Å². The van der Waals surface area contributed by atoms with Crippen LogP contribution in [0.2, 0.25) is 5.02 Å². The van der Waals surface area contributed by atoms with E-state index in [9.17, 15) is 9.90 Å². The van der Waals surface area contributed by atoms with Crippen LogP contribution in [0, 0.1) is 0 Å². The number of amides is 1. The average molecular weight is 401 g/mol. The molecule has 1 N–H and O–H groups in total. The number of aliphatic hydroxyl groups is 1. The number of fused-ring (bicyclic) bond motifs is 1. The number of carbonyl (C=O) groups is 1. The molecule has 1 aromatic carbocycles. The van der Waals surface area contributed by atoms with Gasteiger partial charge in [0.05, 0.1) is 17.7 Å². The van der Waals surface area contributed by atoms with Crippen LogP contribution in [0.3, 0.4) is 0 Å². The van der Waals surface area contributed by atoms with E-state index in [1.807, 2.05) is 36.1 Å². The lowest BCUT2D eigenvalue weighted by molar-refractivity contribution is -0.132. The molecular weight excluding hydrogens is 376 g/mol. The molecule has 0 radical (unpaired) electrons. The van der Waals surface area contributed by atoms with Gasteiger partial charge in [-0.05, 0) is 37.0 Å². The quantitative estimate of drug-likeness (QED) is 0.857. The van der Waals surface area contributed by atoms with Crippen LogP contribution >= 0.6 is 11.6 Å². The zero-order valence-corrected chi connectivity index (χ0v) is 16.9. The van der Waals surface area contributed by atoms with Gasteiger partial charge in [-0.3, -0.25) is 4.79 Å². The Hall–Kier alpha value is -2.18. The second-order valence-corrected chi connectivity index (χ2v) is 8.17. The summed E-state index contributed by atoms with van der Waals surface area (Å²) >= 11 is 5.95. The van der Waals surface area contributed by atoms with Gasteiger partial charge in [0, 0.05) is 36.8 Å². The van der Waals surface area contributed by atoms with Crippen molar-refractivity contribution in [3.63, 3.8) is 0 Å². The summed E-state index contributed by atoms with van der Waals surface area (Å²) in [6.45, 7) is 6.82. The molecule has 2 aromatic rings. The van der Waals surface area contributed by atoms with Crippen LogP contribution < -0.4 is 4.90 Å². The highest BCUT2D eigenvalue weighted by Crippen LogP contribution is 2.42. The molecule has 4 rings (SSSR count). The number of nitrogens with zero attached hydrogens (tertiary/aromatic N) is 4. The fourth-order valence-electron chi connectivity index (χ4n) is 4.26. The number of anilines is 1. The van der Waals surface area contributed by atoms with Crippen molar-refractivity contribution in [3.8, 4) is 0 Å². The van der Waals surface area contributed by atoms with Crippen molar-refractivity contribution >= 4 is 23.3 Å². The van der Waals surface area contributed by atoms with Crippen molar-refractivity contribution in [2.24, 2.45) is 0 Å². The molecule has 1 aliphatic carbocycles. The van der Waals surface area contributed by atoms with Gasteiger partial charge >= 0.3 is 0 Å². The third-order valence-electron chi connectivity index (χ3n) is 5.91. The molecule has 28 heavy (non-hydrogen) atoms. The van der Waals surface area contributed by atoms with Gasteiger partial charge in [0.2, 0.25) is 5.91 Å². The van der Waals surface area contributed by atoms with E-state index in [2.05, 4.69) is 21.8 Å². The average Bonchev–Trinajstić information content (AvgIpc) is 3.01. The number of carbonyl (C=O) groups excluding carboxylic acids is 1. The molecule has 1 amide bonds. The van der Waals surface area contributed by atoms with Crippen LogP contribution in [0.25, 0.3) is 0 Å². The van der Waals surface area contributed by atoms with Crippen LogP contribution in [-0.4, -0.2) is 52.1 Å². The van der Waals surface area contributed by atoms with Crippen molar-refractivity contribution in [1.82, 2.24) is 14.9 Å². The maximum absolute atomic E-state index is 12.9. The van der Waals surface area contributed by atoms with E-state index in [1.165, 1.54) is 6.33 Å². The first kappa shape index (κ1) is 19.2. The highest BCUT2D eigenvalue weighted by Gasteiger charge is 2.34. The second-order valence-electron chi connectivity index (χ2n) is 7.73.